The Morgan fingerprint density at radius 1 is 1.17 bits per heavy atom. The number of hydrogen-bond donors (Lipinski definition) is 1. The highest BCUT2D eigenvalue weighted by molar-refractivity contribution is 8.04. The van der Waals surface area contributed by atoms with Gasteiger partial charge in [0.15, 0.2) is 11.5 Å². The second-order valence-electron chi connectivity index (χ2n) is 4.90. The number of para-hydroxylation sites is 1. The maximum atomic E-state index is 12.2. The highest BCUT2D eigenvalue weighted by atomic mass is 32.2. The van der Waals surface area contributed by atoms with E-state index in [2.05, 4.69) is 5.32 Å². The smallest absolute Gasteiger partial charge is 0.262 e. The molecule has 0 spiro atoms. The molecule has 4 nitrogen and oxygen atoms in total. The van der Waals surface area contributed by atoms with Crippen molar-refractivity contribution < 1.29 is 14.3 Å². The van der Waals surface area contributed by atoms with E-state index in [0.717, 1.165) is 16.1 Å². The summed E-state index contributed by atoms with van der Waals surface area (Å²) < 4.78 is 10.9. The number of methoxy groups -OCH3 is 1. The van der Waals surface area contributed by atoms with Gasteiger partial charge in [0.25, 0.3) is 5.91 Å². The van der Waals surface area contributed by atoms with E-state index in [9.17, 15) is 4.79 Å². The van der Waals surface area contributed by atoms with Crippen molar-refractivity contribution in [3.63, 3.8) is 0 Å². The van der Waals surface area contributed by atoms with Crippen LogP contribution in [0.25, 0.3) is 6.08 Å². The molecule has 1 aliphatic heterocycles. The average Bonchev–Trinajstić information content (AvgIpc) is 2.56. The van der Waals surface area contributed by atoms with E-state index in [4.69, 9.17) is 9.47 Å². The molecule has 1 heterocycles. The van der Waals surface area contributed by atoms with Crippen LogP contribution in [0.4, 0.5) is 5.69 Å². The van der Waals surface area contributed by atoms with E-state index < -0.39 is 0 Å². The molecular formula is C18H17NO3S. The van der Waals surface area contributed by atoms with Crippen molar-refractivity contribution in [1.29, 1.82) is 0 Å². The van der Waals surface area contributed by atoms with Crippen LogP contribution < -0.4 is 14.8 Å². The largest absolute Gasteiger partial charge is 0.493 e. The molecule has 3 rings (SSSR count). The first kappa shape index (κ1) is 15.5. The van der Waals surface area contributed by atoms with E-state index in [-0.39, 0.29) is 5.91 Å². The van der Waals surface area contributed by atoms with Crippen molar-refractivity contribution in [3.8, 4) is 11.5 Å². The summed E-state index contributed by atoms with van der Waals surface area (Å²) in [6.07, 6.45) is 1.86. The van der Waals surface area contributed by atoms with Crippen molar-refractivity contribution in [2.75, 3.05) is 19.0 Å². The van der Waals surface area contributed by atoms with E-state index in [1.54, 1.807) is 7.11 Å². The predicted octanol–water partition coefficient (Wildman–Crippen LogP) is 4.18. The van der Waals surface area contributed by atoms with Crippen LogP contribution >= 0.6 is 11.8 Å². The Bertz CT molecular complexity index is 771. The van der Waals surface area contributed by atoms with Gasteiger partial charge in [0.2, 0.25) is 0 Å². The number of rotatable bonds is 4. The van der Waals surface area contributed by atoms with Crippen molar-refractivity contribution in [1.82, 2.24) is 0 Å². The lowest BCUT2D eigenvalue weighted by molar-refractivity contribution is -0.112. The Kier molecular flexibility index (Phi) is 4.57. The van der Waals surface area contributed by atoms with E-state index in [1.165, 1.54) is 11.8 Å². The van der Waals surface area contributed by atoms with Gasteiger partial charge in [-0.3, -0.25) is 4.79 Å². The lowest BCUT2D eigenvalue weighted by Crippen LogP contribution is -2.17. The summed E-state index contributed by atoms with van der Waals surface area (Å²) in [6.45, 7) is 2.48. The molecule has 1 amide bonds. The molecule has 0 aliphatic carbocycles. The van der Waals surface area contributed by atoms with Gasteiger partial charge in [0, 0.05) is 4.90 Å². The minimum Gasteiger partial charge on any atom is -0.493 e. The first-order valence-corrected chi connectivity index (χ1v) is 8.13. The zero-order chi connectivity index (χ0) is 16.2. The fourth-order valence-corrected chi connectivity index (χ4v) is 3.26. The van der Waals surface area contributed by atoms with Gasteiger partial charge < -0.3 is 14.8 Å². The van der Waals surface area contributed by atoms with E-state index >= 15 is 0 Å². The molecule has 23 heavy (non-hydrogen) atoms. The number of nitrogens with one attached hydrogen (secondary N) is 1. The Balaban J connectivity index is 1.92. The number of hydrogen-bond acceptors (Lipinski definition) is 4. The van der Waals surface area contributed by atoms with Crippen LogP contribution in [0.2, 0.25) is 0 Å². The van der Waals surface area contributed by atoms with Gasteiger partial charge >= 0.3 is 0 Å². The quantitative estimate of drug-likeness (QED) is 0.856. The summed E-state index contributed by atoms with van der Waals surface area (Å²) in [7, 11) is 1.61. The number of carbonyl (C=O) groups is 1. The molecule has 2 aromatic carbocycles. The fraction of sp³-hybridized carbons (Fsp3) is 0.167. The third kappa shape index (κ3) is 3.35. The summed E-state index contributed by atoms with van der Waals surface area (Å²) in [5, 5.41) is 2.91. The maximum absolute atomic E-state index is 12.2. The summed E-state index contributed by atoms with van der Waals surface area (Å²) in [6, 6.07) is 13.4. The van der Waals surface area contributed by atoms with Gasteiger partial charge in [0.05, 0.1) is 24.3 Å². The summed E-state index contributed by atoms with van der Waals surface area (Å²) in [5.74, 6) is 1.26. The fourth-order valence-electron chi connectivity index (χ4n) is 2.31. The molecule has 0 fully saturated rings. The van der Waals surface area contributed by atoms with Crippen molar-refractivity contribution in [2.24, 2.45) is 0 Å². The Hall–Kier alpha value is -2.40. The van der Waals surface area contributed by atoms with Crippen LogP contribution in [0.15, 0.2) is 52.3 Å². The van der Waals surface area contributed by atoms with Gasteiger partial charge in [-0.05, 0) is 42.8 Å². The molecule has 0 saturated carbocycles. The maximum Gasteiger partial charge on any atom is 0.262 e. The molecule has 0 radical (unpaired) electrons. The molecule has 0 bridgehead atoms. The van der Waals surface area contributed by atoms with Gasteiger partial charge in [-0.25, -0.2) is 0 Å². The molecule has 118 valence electrons. The predicted molar refractivity (Wildman–Crippen MR) is 93.1 cm³/mol. The Morgan fingerprint density at radius 2 is 2.00 bits per heavy atom. The van der Waals surface area contributed by atoms with Crippen LogP contribution in [-0.2, 0) is 4.79 Å². The second-order valence-corrected chi connectivity index (χ2v) is 5.99. The molecule has 1 aliphatic rings. The Morgan fingerprint density at radius 3 is 2.78 bits per heavy atom. The molecular weight excluding hydrogens is 310 g/mol. The number of thioether (sulfide) groups is 1. The number of benzene rings is 2. The van der Waals surface area contributed by atoms with E-state index in [1.807, 2.05) is 55.5 Å². The standard InChI is InChI=1S/C18H17NO3S/c1-3-22-15-10-12(8-9-14(15)21-2)11-17-18(20)19-13-6-4-5-7-16(13)23-17/h4-11H,3H2,1-2H3,(H,19,20)/b17-11-. The number of ether oxygens (including phenoxy) is 2. The van der Waals surface area contributed by atoms with Gasteiger partial charge in [-0.2, -0.15) is 0 Å². The zero-order valence-electron chi connectivity index (χ0n) is 13.0. The van der Waals surface area contributed by atoms with Gasteiger partial charge in [-0.15, -0.1) is 0 Å². The average molecular weight is 327 g/mol. The molecule has 5 heteroatoms. The summed E-state index contributed by atoms with van der Waals surface area (Å²) >= 11 is 1.47. The molecule has 1 N–H and O–H groups in total. The first-order chi connectivity index (χ1) is 11.2. The van der Waals surface area contributed by atoms with Crippen molar-refractivity contribution in [3.05, 3.63) is 52.9 Å². The zero-order valence-corrected chi connectivity index (χ0v) is 13.8. The minimum absolute atomic E-state index is 0.0949. The van der Waals surface area contributed by atoms with Crippen LogP contribution in [0.5, 0.6) is 11.5 Å². The minimum atomic E-state index is -0.0949. The number of amides is 1. The number of fused-ring (bicyclic) bond motifs is 1. The van der Waals surface area contributed by atoms with Gasteiger partial charge in [0.1, 0.15) is 0 Å². The monoisotopic (exact) mass is 327 g/mol. The third-order valence-electron chi connectivity index (χ3n) is 3.36. The first-order valence-electron chi connectivity index (χ1n) is 7.32. The lowest BCUT2D eigenvalue weighted by Gasteiger charge is -2.18. The second kappa shape index (κ2) is 6.79. The van der Waals surface area contributed by atoms with Crippen LogP contribution in [0, 0.1) is 0 Å². The molecule has 0 saturated heterocycles. The SMILES string of the molecule is CCOc1cc(/C=C2\Sc3ccccc3NC2=O)ccc1OC. The highest BCUT2D eigenvalue weighted by Crippen LogP contribution is 2.39. The van der Waals surface area contributed by atoms with Crippen molar-refractivity contribution >= 4 is 29.4 Å². The lowest BCUT2D eigenvalue weighted by atomic mass is 10.2. The van der Waals surface area contributed by atoms with Crippen LogP contribution in [0.3, 0.4) is 0 Å². The van der Waals surface area contributed by atoms with Crippen molar-refractivity contribution in [2.45, 2.75) is 11.8 Å². The molecule has 0 atom stereocenters. The summed E-state index contributed by atoms with van der Waals surface area (Å²) in [4.78, 5) is 13.9. The normalized spacial score (nSPS) is 15.0. The third-order valence-corrected chi connectivity index (χ3v) is 4.46. The Labute approximate surface area is 139 Å². The highest BCUT2D eigenvalue weighted by Gasteiger charge is 2.20. The topological polar surface area (TPSA) is 47.6 Å². The molecule has 0 unspecified atom stereocenters. The number of anilines is 1. The summed E-state index contributed by atoms with van der Waals surface area (Å²) in [5.41, 5.74) is 1.75. The van der Waals surface area contributed by atoms with Crippen LogP contribution in [0.1, 0.15) is 12.5 Å². The van der Waals surface area contributed by atoms with Crippen LogP contribution in [-0.4, -0.2) is 19.6 Å². The molecule has 0 aromatic heterocycles. The number of carbonyl (C=O) groups excluding carboxylic acids is 1. The molecule has 2 aromatic rings. The van der Waals surface area contributed by atoms with E-state index in [0.29, 0.717) is 23.0 Å². The van der Waals surface area contributed by atoms with Gasteiger partial charge in [-0.1, -0.05) is 30.0 Å².